The van der Waals surface area contributed by atoms with Crippen LogP contribution in [0.5, 0.6) is 0 Å². The van der Waals surface area contributed by atoms with E-state index in [2.05, 4.69) is 21.1 Å². The topological polar surface area (TPSA) is 120 Å². The van der Waals surface area contributed by atoms with Gasteiger partial charge in [0.15, 0.2) is 29.6 Å². The number of nitriles is 1. The number of alkyl halides is 4. The standard InChI is InChI=1S/C28H32F4N6O4/c1-27(2,3)42-26(40)37-14-11-20(19(29)16-37)38(15-5-12-33)21-10-13-34-25(39)22(21)24(36-38)35-18-8-6-17(7-9-18)23(41-4)28(30,31)32/h6-10,13,19-20,23H,5,11,14-16H2,1-4H3,(H-,34,35,36,39)/p+1. The molecular formula is C28H33F4N6O4+. The normalized spacial score (nSPS) is 23.0. The first-order valence-corrected chi connectivity index (χ1v) is 13.4. The number of anilines is 1. The van der Waals surface area contributed by atoms with Crippen molar-refractivity contribution in [3.8, 4) is 6.07 Å². The van der Waals surface area contributed by atoms with E-state index >= 15 is 4.39 Å². The Hall–Kier alpha value is -3.96. The van der Waals surface area contributed by atoms with E-state index in [1.54, 1.807) is 26.8 Å². The molecule has 14 heteroatoms. The van der Waals surface area contributed by atoms with Crippen LogP contribution in [0.2, 0.25) is 0 Å². The number of pyridine rings is 1. The van der Waals surface area contributed by atoms with Crippen LogP contribution in [0.1, 0.15) is 50.8 Å². The van der Waals surface area contributed by atoms with E-state index in [-0.39, 0.29) is 49.4 Å². The van der Waals surface area contributed by atoms with Gasteiger partial charge in [0.05, 0.1) is 19.0 Å². The number of carbonyl (C=O) groups excluding carboxylic acids is 1. The van der Waals surface area contributed by atoms with Crippen molar-refractivity contribution < 1.29 is 31.8 Å². The minimum atomic E-state index is -4.61. The van der Waals surface area contributed by atoms with Gasteiger partial charge >= 0.3 is 12.3 Å². The lowest BCUT2D eigenvalue weighted by molar-refractivity contribution is -0.215. The quantitative estimate of drug-likeness (QED) is 0.360. The maximum absolute atomic E-state index is 16.0. The van der Waals surface area contributed by atoms with Gasteiger partial charge in [0.1, 0.15) is 12.1 Å². The summed E-state index contributed by atoms with van der Waals surface area (Å²) in [6.07, 6.45) is -7.35. The van der Waals surface area contributed by atoms with Crippen LogP contribution >= 0.6 is 0 Å². The molecule has 2 aliphatic rings. The zero-order valence-corrected chi connectivity index (χ0v) is 23.7. The molecule has 3 heterocycles. The van der Waals surface area contributed by atoms with Crippen molar-refractivity contribution in [1.82, 2.24) is 14.5 Å². The molecule has 4 unspecified atom stereocenters. The molecule has 2 aromatic rings. The summed E-state index contributed by atoms with van der Waals surface area (Å²) in [5, 5.41) is 17.2. The summed E-state index contributed by atoms with van der Waals surface area (Å²) in [4.78, 5) is 29.5. The second-order valence-corrected chi connectivity index (χ2v) is 11.2. The fraction of sp³-hybridized carbons (Fsp3) is 0.500. The lowest BCUT2D eigenvalue weighted by Crippen LogP contribution is -2.62. The number of likely N-dealkylation sites (tertiary alicyclic amines) is 1. The van der Waals surface area contributed by atoms with Crippen LogP contribution in [-0.4, -0.2) is 72.5 Å². The summed E-state index contributed by atoms with van der Waals surface area (Å²) >= 11 is 0. The van der Waals surface area contributed by atoms with Gasteiger partial charge in [-0.25, -0.2) is 9.18 Å². The highest BCUT2D eigenvalue weighted by Gasteiger charge is 2.54. The molecule has 1 aromatic carbocycles. The summed E-state index contributed by atoms with van der Waals surface area (Å²) in [6, 6.07) is 8.12. The SMILES string of the molecule is COC(c1ccc(NC2=N[N+](CCC#N)(C3CCN(C(=O)OC(C)(C)C)CC3F)c3cc[nH]c(=O)c32)cc1)C(F)(F)F. The Morgan fingerprint density at radius 1 is 1.26 bits per heavy atom. The van der Waals surface area contributed by atoms with Crippen molar-refractivity contribution in [2.24, 2.45) is 5.10 Å². The molecule has 4 atom stereocenters. The number of methoxy groups -OCH3 is 1. The lowest BCUT2D eigenvalue weighted by Gasteiger charge is -2.42. The summed E-state index contributed by atoms with van der Waals surface area (Å²) in [5.41, 5.74) is -0.533. The predicted octanol–water partition coefficient (Wildman–Crippen LogP) is 4.98. The van der Waals surface area contributed by atoms with Crippen LogP contribution < -0.4 is 15.5 Å². The first-order chi connectivity index (χ1) is 19.7. The van der Waals surface area contributed by atoms with E-state index in [4.69, 9.17) is 9.84 Å². The Morgan fingerprint density at radius 2 is 1.95 bits per heavy atom. The molecule has 0 radical (unpaired) electrons. The van der Waals surface area contributed by atoms with E-state index in [0.29, 0.717) is 11.4 Å². The van der Waals surface area contributed by atoms with Crippen molar-refractivity contribution >= 4 is 23.3 Å². The number of quaternary nitrogens is 1. The minimum absolute atomic E-state index is 0.00738. The van der Waals surface area contributed by atoms with E-state index in [0.717, 1.165) is 7.11 Å². The van der Waals surface area contributed by atoms with Crippen molar-refractivity contribution in [3.05, 3.63) is 58.0 Å². The number of halogens is 4. The molecule has 0 spiro atoms. The smallest absolute Gasteiger partial charge is 0.418 e. The predicted molar refractivity (Wildman–Crippen MR) is 147 cm³/mol. The van der Waals surface area contributed by atoms with Crippen LogP contribution in [0.25, 0.3) is 0 Å². The molecule has 1 aromatic heterocycles. The number of nitrogens with one attached hydrogen (secondary N) is 2. The van der Waals surface area contributed by atoms with Gasteiger partial charge in [-0.2, -0.15) is 23.0 Å². The molecule has 1 fully saturated rings. The number of amidine groups is 1. The van der Waals surface area contributed by atoms with Crippen molar-refractivity contribution in [1.29, 1.82) is 5.26 Å². The molecule has 4 rings (SSSR count). The third kappa shape index (κ3) is 6.27. The lowest BCUT2D eigenvalue weighted by atomic mass is 9.98. The maximum Gasteiger partial charge on any atom is 0.418 e. The Morgan fingerprint density at radius 3 is 2.52 bits per heavy atom. The molecule has 10 nitrogen and oxygen atoms in total. The molecule has 0 saturated carbocycles. The zero-order valence-electron chi connectivity index (χ0n) is 23.7. The monoisotopic (exact) mass is 593 g/mol. The molecular weight excluding hydrogens is 560 g/mol. The number of nitrogens with zero attached hydrogens (tertiary/aromatic N) is 4. The fourth-order valence-electron chi connectivity index (χ4n) is 5.40. The van der Waals surface area contributed by atoms with Crippen LogP contribution in [0.15, 0.2) is 46.4 Å². The average molecular weight is 594 g/mol. The van der Waals surface area contributed by atoms with Crippen LogP contribution in [0.3, 0.4) is 0 Å². The number of piperidine rings is 1. The van der Waals surface area contributed by atoms with Gasteiger partial charge < -0.3 is 24.7 Å². The molecule has 42 heavy (non-hydrogen) atoms. The molecule has 226 valence electrons. The number of aromatic nitrogens is 1. The van der Waals surface area contributed by atoms with Crippen LogP contribution in [0.4, 0.5) is 33.7 Å². The van der Waals surface area contributed by atoms with E-state index < -0.39 is 46.3 Å². The molecule has 0 bridgehead atoms. The number of fused-ring (bicyclic) bond motifs is 1. The molecule has 2 N–H and O–H groups in total. The number of hydrogen-bond donors (Lipinski definition) is 2. The second-order valence-electron chi connectivity index (χ2n) is 11.2. The number of aromatic amines is 1. The first kappa shape index (κ1) is 31.0. The van der Waals surface area contributed by atoms with E-state index in [1.807, 2.05) is 0 Å². The van der Waals surface area contributed by atoms with Gasteiger partial charge in [-0.15, -0.1) is 0 Å². The van der Waals surface area contributed by atoms with Crippen LogP contribution in [0, 0.1) is 11.3 Å². The molecule has 1 amide bonds. The van der Waals surface area contributed by atoms with Gasteiger partial charge in [-0.05, 0) is 38.5 Å². The minimum Gasteiger partial charge on any atom is -0.444 e. The van der Waals surface area contributed by atoms with Gasteiger partial charge in [-0.1, -0.05) is 17.2 Å². The number of amides is 1. The Balaban J connectivity index is 1.69. The number of ether oxygens (including phenoxy) is 2. The molecule has 2 aliphatic heterocycles. The summed E-state index contributed by atoms with van der Waals surface area (Å²) in [6.45, 7) is 5.11. The summed E-state index contributed by atoms with van der Waals surface area (Å²) < 4.78 is 65.5. The average Bonchev–Trinajstić information content (AvgIpc) is 3.22. The van der Waals surface area contributed by atoms with E-state index in [9.17, 15) is 28.0 Å². The molecule has 0 aliphatic carbocycles. The highest BCUT2D eigenvalue weighted by atomic mass is 19.4. The molecule has 1 saturated heterocycles. The Kier molecular flexibility index (Phi) is 8.65. The second kappa shape index (κ2) is 11.7. The number of H-pyrrole nitrogens is 1. The maximum atomic E-state index is 16.0. The number of rotatable bonds is 6. The Bertz CT molecular complexity index is 1430. The van der Waals surface area contributed by atoms with Gasteiger partial charge in [0.25, 0.3) is 5.56 Å². The summed E-state index contributed by atoms with van der Waals surface area (Å²) in [7, 11) is 0.968. The highest BCUT2D eigenvalue weighted by Crippen LogP contribution is 2.41. The highest BCUT2D eigenvalue weighted by molar-refractivity contribution is 6.13. The van der Waals surface area contributed by atoms with Crippen molar-refractivity contribution in [2.45, 2.75) is 63.7 Å². The fourth-order valence-corrected chi connectivity index (χ4v) is 5.40. The number of carbonyl (C=O) groups is 1. The van der Waals surface area contributed by atoms with Crippen molar-refractivity contribution in [3.63, 3.8) is 0 Å². The van der Waals surface area contributed by atoms with Gasteiger partial charge in [0.2, 0.25) is 5.84 Å². The number of benzene rings is 1. The van der Waals surface area contributed by atoms with E-state index in [1.165, 1.54) is 35.4 Å². The summed E-state index contributed by atoms with van der Waals surface area (Å²) in [5.74, 6) is 0.0819. The Labute approximate surface area is 240 Å². The van der Waals surface area contributed by atoms with Crippen molar-refractivity contribution in [2.75, 3.05) is 32.1 Å². The zero-order chi connectivity index (χ0) is 30.9. The van der Waals surface area contributed by atoms with Gasteiger partial charge in [0, 0.05) is 38.0 Å². The third-order valence-electron chi connectivity index (χ3n) is 7.15. The van der Waals surface area contributed by atoms with Crippen LogP contribution in [-0.2, 0) is 9.47 Å². The number of hydrogen-bond acceptors (Lipinski definition) is 7. The third-order valence-corrected chi connectivity index (χ3v) is 7.15. The largest absolute Gasteiger partial charge is 0.444 e. The first-order valence-electron chi connectivity index (χ1n) is 13.4. The van der Waals surface area contributed by atoms with Gasteiger partial charge in [-0.3, -0.25) is 4.79 Å².